The molecule has 1 spiro atoms. The van der Waals surface area contributed by atoms with Gasteiger partial charge in [-0.1, -0.05) is 22.9 Å². The molecule has 3 aliphatic rings. The van der Waals surface area contributed by atoms with E-state index in [1.165, 1.54) is 6.21 Å². The van der Waals surface area contributed by atoms with Crippen molar-refractivity contribution < 1.29 is 14.3 Å². The number of amides is 3. The number of hydrogen-bond donors (Lipinski definition) is 1. The van der Waals surface area contributed by atoms with Crippen LogP contribution in [0.25, 0.3) is 6.08 Å². The van der Waals surface area contributed by atoms with Gasteiger partial charge >= 0.3 is 6.03 Å². The number of imide groups is 1. The molecule has 26 heavy (non-hydrogen) atoms. The Morgan fingerprint density at radius 2 is 2.12 bits per heavy atom. The van der Waals surface area contributed by atoms with Crippen LogP contribution in [0.4, 0.5) is 4.79 Å². The number of nitrogens with one attached hydrogen (secondary N) is 1. The molecule has 2 aliphatic heterocycles. The zero-order valence-corrected chi connectivity index (χ0v) is 16.1. The number of carbonyl (C=O) groups is 2. The Morgan fingerprint density at radius 1 is 1.35 bits per heavy atom. The Labute approximate surface area is 160 Å². The number of halogens is 1. The Bertz CT molecular complexity index is 825. The van der Waals surface area contributed by atoms with Crippen LogP contribution in [-0.4, -0.2) is 35.3 Å². The van der Waals surface area contributed by atoms with Gasteiger partial charge < -0.3 is 10.1 Å². The van der Waals surface area contributed by atoms with Crippen LogP contribution >= 0.6 is 15.9 Å². The van der Waals surface area contributed by atoms with Crippen LogP contribution in [0.3, 0.4) is 0 Å². The summed E-state index contributed by atoms with van der Waals surface area (Å²) in [4.78, 5) is 25.1. The second kappa shape index (κ2) is 6.54. The van der Waals surface area contributed by atoms with Crippen molar-refractivity contribution in [1.29, 1.82) is 0 Å². The van der Waals surface area contributed by atoms with Crippen molar-refractivity contribution >= 4 is 40.2 Å². The first-order valence-electron chi connectivity index (χ1n) is 8.80. The van der Waals surface area contributed by atoms with Gasteiger partial charge in [-0.2, -0.15) is 5.10 Å². The van der Waals surface area contributed by atoms with Gasteiger partial charge in [-0.3, -0.25) is 4.79 Å². The third-order valence-electron chi connectivity index (χ3n) is 5.31. The lowest BCUT2D eigenvalue weighted by molar-refractivity contribution is -0.132. The number of carbonyl (C=O) groups excluding carboxylic acids is 2. The largest absolute Gasteiger partial charge is 0.488 e. The average Bonchev–Trinajstić information content (AvgIpc) is 2.85. The lowest BCUT2D eigenvalue weighted by Crippen LogP contribution is -2.49. The van der Waals surface area contributed by atoms with Crippen LogP contribution in [0.2, 0.25) is 0 Å². The van der Waals surface area contributed by atoms with Gasteiger partial charge in [0.1, 0.15) is 17.9 Å². The van der Waals surface area contributed by atoms with Crippen molar-refractivity contribution in [2.45, 2.75) is 38.1 Å². The van der Waals surface area contributed by atoms with Crippen molar-refractivity contribution in [2.75, 3.05) is 6.61 Å². The average molecular weight is 418 g/mol. The standard InChI is InChI=1S/C19H20BrN3O3/c1-12-4-6-19(7-5-12)17(24)23(18(25)22-19)21-10-13-8-14-9-15(20)2-3-16(14)26-11-13/h2-3,8-10,12H,4-7,11H2,1H3,(H,22,25)/b21-10+. The van der Waals surface area contributed by atoms with E-state index in [9.17, 15) is 9.59 Å². The predicted octanol–water partition coefficient (Wildman–Crippen LogP) is 3.71. The van der Waals surface area contributed by atoms with E-state index >= 15 is 0 Å². The molecule has 0 aromatic heterocycles. The summed E-state index contributed by atoms with van der Waals surface area (Å²) in [5, 5.41) is 7.99. The second-order valence-electron chi connectivity index (χ2n) is 7.25. The molecule has 1 saturated carbocycles. The first kappa shape index (κ1) is 17.3. The molecule has 2 heterocycles. The highest BCUT2D eigenvalue weighted by atomic mass is 79.9. The molecule has 1 aromatic rings. The van der Waals surface area contributed by atoms with Crippen molar-refractivity contribution in [1.82, 2.24) is 10.3 Å². The van der Waals surface area contributed by atoms with Crippen LogP contribution in [-0.2, 0) is 4.79 Å². The molecule has 0 bridgehead atoms. The normalized spacial score (nSPS) is 28.2. The molecule has 1 N–H and O–H groups in total. The van der Waals surface area contributed by atoms with E-state index in [2.05, 4.69) is 33.3 Å². The molecule has 1 aromatic carbocycles. The number of rotatable bonds is 2. The van der Waals surface area contributed by atoms with Crippen molar-refractivity contribution in [3.63, 3.8) is 0 Å². The lowest BCUT2D eigenvalue weighted by atomic mass is 9.77. The maximum Gasteiger partial charge on any atom is 0.346 e. The molecule has 136 valence electrons. The van der Waals surface area contributed by atoms with Gasteiger partial charge in [-0.05, 0) is 55.9 Å². The number of nitrogens with zero attached hydrogens (tertiary/aromatic N) is 2. The number of benzene rings is 1. The van der Waals surface area contributed by atoms with Crippen molar-refractivity contribution in [3.8, 4) is 5.75 Å². The van der Waals surface area contributed by atoms with Crippen molar-refractivity contribution in [3.05, 3.63) is 33.8 Å². The first-order chi connectivity index (χ1) is 12.5. The number of fused-ring (bicyclic) bond motifs is 1. The molecule has 1 aliphatic carbocycles. The minimum atomic E-state index is -0.768. The topological polar surface area (TPSA) is 71.0 Å². The van der Waals surface area contributed by atoms with Crippen LogP contribution in [0, 0.1) is 5.92 Å². The van der Waals surface area contributed by atoms with E-state index in [1.807, 2.05) is 24.3 Å². The summed E-state index contributed by atoms with van der Waals surface area (Å²) < 4.78 is 6.65. The predicted molar refractivity (Wildman–Crippen MR) is 102 cm³/mol. The van der Waals surface area contributed by atoms with Gasteiger partial charge in [0.05, 0.1) is 6.21 Å². The molecule has 1 saturated heterocycles. The third kappa shape index (κ3) is 3.05. The number of hydrogen-bond acceptors (Lipinski definition) is 4. The molecule has 0 unspecified atom stereocenters. The van der Waals surface area contributed by atoms with E-state index in [0.717, 1.165) is 39.2 Å². The van der Waals surface area contributed by atoms with E-state index in [-0.39, 0.29) is 5.91 Å². The molecule has 6 nitrogen and oxygen atoms in total. The van der Waals surface area contributed by atoms with E-state index < -0.39 is 11.6 Å². The summed E-state index contributed by atoms with van der Waals surface area (Å²) in [5.41, 5.74) is 0.965. The minimum Gasteiger partial charge on any atom is -0.488 e. The molecular weight excluding hydrogens is 398 g/mol. The monoisotopic (exact) mass is 417 g/mol. The fourth-order valence-electron chi connectivity index (χ4n) is 3.68. The van der Waals surface area contributed by atoms with Crippen LogP contribution < -0.4 is 10.1 Å². The molecular formula is C19H20BrN3O3. The minimum absolute atomic E-state index is 0.244. The summed E-state index contributed by atoms with van der Waals surface area (Å²) in [6.07, 6.45) is 6.72. The van der Waals surface area contributed by atoms with Gasteiger partial charge in [0.2, 0.25) is 0 Å². The lowest BCUT2D eigenvalue weighted by Gasteiger charge is -2.33. The van der Waals surface area contributed by atoms with Gasteiger partial charge in [-0.25, -0.2) is 4.79 Å². The zero-order chi connectivity index (χ0) is 18.3. The van der Waals surface area contributed by atoms with Gasteiger partial charge in [0.15, 0.2) is 0 Å². The summed E-state index contributed by atoms with van der Waals surface area (Å²) in [6, 6.07) is 5.33. The van der Waals surface area contributed by atoms with Crippen LogP contribution in [0.15, 0.2) is 33.3 Å². The van der Waals surface area contributed by atoms with E-state index in [1.54, 1.807) is 0 Å². The SMILES string of the molecule is CC1CCC2(CC1)NC(=O)N(/N=C/C1=Cc3cc(Br)ccc3OC1)C2=O. The van der Waals surface area contributed by atoms with Gasteiger partial charge in [0.25, 0.3) is 5.91 Å². The molecule has 2 fully saturated rings. The molecule has 4 rings (SSSR count). The maximum absolute atomic E-state index is 12.8. The maximum atomic E-state index is 12.8. The quantitative estimate of drug-likeness (QED) is 0.588. The molecule has 0 atom stereocenters. The number of ether oxygens (including phenoxy) is 1. The van der Waals surface area contributed by atoms with E-state index in [4.69, 9.17) is 4.74 Å². The highest BCUT2D eigenvalue weighted by Gasteiger charge is 2.52. The summed E-state index contributed by atoms with van der Waals surface area (Å²) in [5.74, 6) is 1.15. The summed E-state index contributed by atoms with van der Waals surface area (Å²) in [7, 11) is 0. The molecule has 0 radical (unpaired) electrons. The highest BCUT2D eigenvalue weighted by Crippen LogP contribution is 2.36. The Kier molecular flexibility index (Phi) is 4.34. The molecule has 7 heteroatoms. The molecule has 3 amide bonds. The van der Waals surface area contributed by atoms with Crippen molar-refractivity contribution in [2.24, 2.45) is 11.0 Å². The van der Waals surface area contributed by atoms with Gasteiger partial charge in [0, 0.05) is 15.6 Å². The Morgan fingerprint density at radius 3 is 2.88 bits per heavy atom. The number of urea groups is 1. The fourth-order valence-corrected chi connectivity index (χ4v) is 4.06. The smallest absolute Gasteiger partial charge is 0.346 e. The van der Waals surface area contributed by atoms with E-state index in [0.29, 0.717) is 25.4 Å². The Balaban J connectivity index is 1.52. The second-order valence-corrected chi connectivity index (χ2v) is 8.16. The van der Waals surface area contributed by atoms with Crippen LogP contribution in [0.1, 0.15) is 38.2 Å². The highest BCUT2D eigenvalue weighted by molar-refractivity contribution is 9.10. The summed E-state index contributed by atoms with van der Waals surface area (Å²) >= 11 is 3.44. The number of hydrazone groups is 1. The third-order valence-corrected chi connectivity index (χ3v) is 5.81. The van der Waals surface area contributed by atoms with Crippen LogP contribution in [0.5, 0.6) is 5.75 Å². The van der Waals surface area contributed by atoms with Gasteiger partial charge in [-0.15, -0.1) is 5.01 Å². The zero-order valence-electron chi connectivity index (χ0n) is 14.5. The Hall–Kier alpha value is -2.15. The summed E-state index contributed by atoms with van der Waals surface area (Å²) in [6.45, 7) is 2.53. The first-order valence-corrected chi connectivity index (χ1v) is 9.60. The fraction of sp³-hybridized carbons (Fsp3) is 0.421.